The second-order valence-corrected chi connectivity index (χ2v) is 4.37. The summed E-state index contributed by atoms with van der Waals surface area (Å²) in [6, 6.07) is 8.44. The van der Waals surface area contributed by atoms with Crippen LogP contribution in [0.4, 0.5) is 0 Å². The summed E-state index contributed by atoms with van der Waals surface area (Å²) in [5.74, 6) is 0. The van der Waals surface area contributed by atoms with E-state index < -0.39 is 0 Å². The summed E-state index contributed by atoms with van der Waals surface area (Å²) in [7, 11) is 0. The van der Waals surface area contributed by atoms with Crippen molar-refractivity contribution < 1.29 is 0 Å². The number of pyridine rings is 2. The van der Waals surface area contributed by atoms with E-state index in [0.717, 1.165) is 18.7 Å². The Hall–Kier alpha value is -1.74. The highest BCUT2D eigenvalue weighted by Gasteiger charge is 2.13. The van der Waals surface area contributed by atoms with Crippen LogP contribution in [-0.4, -0.2) is 16.5 Å². The van der Waals surface area contributed by atoms with Gasteiger partial charge in [0, 0.05) is 36.7 Å². The van der Waals surface area contributed by atoms with E-state index in [1.165, 1.54) is 11.1 Å². The molecule has 0 amide bonds. The standard InChI is InChI=1S/C15H19N3/c1-3-17-15(10-13-6-4-5-8-18-13)14-7-9-16-11-12(14)2/h4-9,11,15,17H,3,10H2,1-2H3. The van der Waals surface area contributed by atoms with Crippen LogP contribution < -0.4 is 5.32 Å². The van der Waals surface area contributed by atoms with Gasteiger partial charge in [0.1, 0.15) is 0 Å². The van der Waals surface area contributed by atoms with Gasteiger partial charge in [0.2, 0.25) is 0 Å². The van der Waals surface area contributed by atoms with E-state index in [0.29, 0.717) is 6.04 Å². The Labute approximate surface area is 108 Å². The first-order valence-corrected chi connectivity index (χ1v) is 6.35. The average Bonchev–Trinajstić information content (AvgIpc) is 2.40. The van der Waals surface area contributed by atoms with Crippen LogP contribution in [0.1, 0.15) is 29.8 Å². The Morgan fingerprint density at radius 2 is 2.11 bits per heavy atom. The summed E-state index contributed by atoms with van der Waals surface area (Å²) >= 11 is 0. The van der Waals surface area contributed by atoms with Gasteiger partial charge in [-0.15, -0.1) is 0 Å². The molecular formula is C15H19N3. The number of nitrogens with zero attached hydrogens (tertiary/aromatic N) is 2. The first-order chi connectivity index (χ1) is 8.81. The molecule has 0 aliphatic heterocycles. The lowest BCUT2D eigenvalue weighted by Gasteiger charge is -2.19. The number of hydrogen-bond acceptors (Lipinski definition) is 3. The second kappa shape index (κ2) is 6.26. The Morgan fingerprint density at radius 3 is 2.78 bits per heavy atom. The summed E-state index contributed by atoms with van der Waals surface area (Å²) in [6.45, 7) is 5.17. The van der Waals surface area contributed by atoms with E-state index in [2.05, 4.69) is 41.3 Å². The third-order valence-corrected chi connectivity index (χ3v) is 3.03. The Kier molecular flexibility index (Phi) is 4.42. The molecule has 0 radical (unpaired) electrons. The zero-order valence-electron chi connectivity index (χ0n) is 10.9. The van der Waals surface area contributed by atoms with Crippen molar-refractivity contribution in [3.05, 3.63) is 59.7 Å². The fraction of sp³-hybridized carbons (Fsp3) is 0.333. The maximum Gasteiger partial charge on any atom is 0.0422 e. The summed E-state index contributed by atoms with van der Waals surface area (Å²) in [5.41, 5.74) is 3.64. The van der Waals surface area contributed by atoms with Crippen LogP contribution in [-0.2, 0) is 6.42 Å². The molecule has 0 bridgehead atoms. The van der Waals surface area contributed by atoms with E-state index in [-0.39, 0.29) is 0 Å². The van der Waals surface area contributed by atoms with Crippen molar-refractivity contribution in [2.75, 3.05) is 6.54 Å². The lowest BCUT2D eigenvalue weighted by molar-refractivity contribution is 0.541. The number of nitrogens with one attached hydrogen (secondary N) is 1. The van der Waals surface area contributed by atoms with Gasteiger partial charge in [0.05, 0.1) is 0 Å². The highest BCUT2D eigenvalue weighted by Crippen LogP contribution is 2.20. The van der Waals surface area contributed by atoms with Gasteiger partial charge < -0.3 is 5.32 Å². The van der Waals surface area contributed by atoms with Gasteiger partial charge in [-0.2, -0.15) is 0 Å². The Morgan fingerprint density at radius 1 is 1.22 bits per heavy atom. The van der Waals surface area contributed by atoms with Crippen LogP contribution in [0.5, 0.6) is 0 Å². The highest BCUT2D eigenvalue weighted by molar-refractivity contribution is 5.26. The van der Waals surface area contributed by atoms with Crippen molar-refractivity contribution in [1.29, 1.82) is 0 Å². The zero-order valence-corrected chi connectivity index (χ0v) is 10.9. The largest absolute Gasteiger partial charge is 0.310 e. The molecule has 0 saturated heterocycles. The molecule has 1 N–H and O–H groups in total. The fourth-order valence-corrected chi connectivity index (χ4v) is 2.14. The summed E-state index contributed by atoms with van der Waals surface area (Å²) in [5, 5.41) is 3.52. The maximum absolute atomic E-state index is 4.40. The van der Waals surface area contributed by atoms with E-state index in [1.54, 1.807) is 0 Å². The van der Waals surface area contributed by atoms with Crippen molar-refractivity contribution in [2.45, 2.75) is 26.3 Å². The molecular weight excluding hydrogens is 222 g/mol. The van der Waals surface area contributed by atoms with Crippen molar-refractivity contribution in [1.82, 2.24) is 15.3 Å². The smallest absolute Gasteiger partial charge is 0.0422 e. The lowest BCUT2D eigenvalue weighted by Crippen LogP contribution is -2.24. The maximum atomic E-state index is 4.40. The van der Waals surface area contributed by atoms with Crippen molar-refractivity contribution >= 4 is 0 Å². The first kappa shape index (κ1) is 12.7. The average molecular weight is 241 g/mol. The third-order valence-electron chi connectivity index (χ3n) is 3.03. The second-order valence-electron chi connectivity index (χ2n) is 4.37. The molecule has 2 aromatic rings. The van der Waals surface area contributed by atoms with Gasteiger partial charge in [-0.25, -0.2) is 0 Å². The van der Waals surface area contributed by atoms with Gasteiger partial charge in [-0.3, -0.25) is 9.97 Å². The quantitative estimate of drug-likeness (QED) is 0.874. The van der Waals surface area contributed by atoms with Gasteiger partial charge in [-0.05, 0) is 42.8 Å². The molecule has 18 heavy (non-hydrogen) atoms. The molecule has 3 heteroatoms. The van der Waals surface area contributed by atoms with Crippen LogP contribution in [0.2, 0.25) is 0 Å². The van der Waals surface area contributed by atoms with Gasteiger partial charge in [-0.1, -0.05) is 13.0 Å². The normalized spacial score (nSPS) is 12.3. The van der Waals surface area contributed by atoms with Crippen LogP contribution >= 0.6 is 0 Å². The van der Waals surface area contributed by atoms with Crippen LogP contribution in [0.3, 0.4) is 0 Å². The van der Waals surface area contributed by atoms with Crippen LogP contribution in [0, 0.1) is 6.92 Å². The molecule has 94 valence electrons. The number of likely N-dealkylation sites (N-methyl/N-ethyl adjacent to an activating group) is 1. The summed E-state index contributed by atoms with van der Waals surface area (Å²) in [6.07, 6.45) is 6.51. The molecule has 0 aliphatic carbocycles. The summed E-state index contributed by atoms with van der Waals surface area (Å²) < 4.78 is 0. The first-order valence-electron chi connectivity index (χ1n) is 6.35. The highest BCUT2D eigenvalue weighted by atomic mass is 14.9. The predicted octanol–water partition coefficient (Wildman–Crippen LogP) is 2.68. The molecule has 1 atom stereocenters. The summed E-state index contributed by atoms with van der Waals surface area (Å²) in [4.78, 5) is 8.55. The molecule has 0 fully saturated rings. The number of aromatic nitrogens is 2. The topological polar surface area (TPSA) is 37.8 Å². The lowest BCUT2D eigenvalue weighted by atomic mass is 9.99. The van der Waals surface area contributed by atoms with Crippen molar-refractivity contribution in [3.63, 3.8) is 0 Å². The van der Waals surface area contributed by atoms with Gasteiger partial charge >= 0.3 is 0 Å². The minimum Gasteiger partial charge on any atom is -0.310 e. The predicted molar refractivity (Wildman–Crippen MR) is 73.3 cm³/mol. The van der Waals surface area contributed by atoms with Crippen LogP contribution in [0.15, 0.2) is 42.9 Å². The molecule has 0 spiro atoms. The zero-order chi connectivity index (χ0) is 12.8. The van der Waals surface area contributed by atoms with Crippen molar-refractivity contribution in [2.24, 2.45) is 0 Å². The molecule has 2 rings (SSSR count). The Bertz CT molecular complexity index is 482. The van der Waals surface area contributed by atoms with E-state index in [4.69, 9.17) is 0 Å². The molecule has 0 saturated carbocycles. The van der Waals surface area contributed by atoms with E-state index >= 15 is 0 Å². The minimum atomic E-state index is 0.299. The van der Waals surface area contributed by atoms with Gasteiger partial charge in [0.15, 0.2) is 0 Å². The molecule has 1 unspecified atom stereocenters. The molecule has 2 heterocycles. The third kappa shape index (κ3) is 3.14. The fourth-order valence-electron chi connectivity index (χ4n) is 2.14. The SMILES string of the molecule is CCNC(Cc1ccccn1)c1ccncc1C. The molecule has 0 aliphatic rings. The van der Waals surface area contributed by atoms with E-state index in [9.17, 15) is 0 Å². The van der Waals surface area contributed by atoms with Crippen LogP contribution in [0.25, 0.3) is 0 Å². The molecule has 2 aromatic heterocycles. The molecule has 0 aromatic carbocycles. The Balaban J connectivity index is 2.21. The number of hydrogen-bond donors (Lipinski definition) is 1. The van der Waals surface area contributed by atoms with Gasteiger partial charge in [0.25, 0.3) is 0 Å². The molecule has 3 nitrogen and oxygen atoms in total. The minimum absolute atomic E-state index is 0.299. The number of rotatable bonds is 5. The monoisotopic (exact) mass is 241 g/mol. The van der Waals surface area contributed by atoms with Crippen molar-refractivity contribution in [3.8, 4) is 0 Å². The number of aryl methyl sites for hydroxylation is 1. The van der Waals surface area contributed by atoms with E-state index in [1.807, 2.05) is 30.7 Å².